The number of thioether (sulfide) groups is 1. The molecule has 192 valence electrons. The van der Waals surface area contributed by atoms with E-state index in [1.807, 2.05) is 12.1 Å². The lowest BCUT2D eigenvalue weighted by molar-refractivity contribution is 0.114. The van der Waals surface area contributed by atoms with E-state index in [4.69, 9.17) is 9.72 Å². The first-order valence-electron chi connectivity index (χ1n) is 13.2. The summed E-state index contributed by atoms with van der Waals surface area (Å²) in [6.07, 6.45) is 8.96. The second kappa shape index (κ2) is 11.5. The monoisotopic (exact) mass is 512 g/mol. The molecule has 0 bridgehead atoms. The van der Waals surface area contributed by atoms with Crippen LogP contribution in [0, 0.1) is 18.8 Å². The van der Waals surface area contributed by atoms with Gasteiger partial charge in [0.15, 0.2) is 11.9 Å². The summed E-state index contributed by atoms with van der Waals surface area (Å²) in [6.45, 7) is 8.79. The van der Waals surface area contributed by atoms with Gasteiger partial charge < -0.3 is 10.1 Å². The van der Waals surface area contributed by atoms with Crippen molar-refractivity contribution in [2.45, 2.75) is 70.5 Å². The molecule has 0 saturated carbocycles. The van der Waals surface area contributed by atoms with Crippen LogP contribution in [-0.4, -0.2) is 21.4 Å². The van der Waals surface area contributed by atoms with Crippen molar-refractivity contribution in [3.63, 3.8) is 0 Å². The van der Waals surface area contributed by atoms with E-state index in [9.17, 15) is 0 Å². The van der Waals surface area contributed by atoms with Gasteiger partial charge in [-0.05, 0) is 64.0 Å². The number of rotatable bonds is 7. The number of benzene rings is 2. The van der Waals surface area contributed by atoms with Gasteiger partial charge in [0.05, 0.1) is 0 Å². The van der Waals surface area contributed by atoms with E-state index >= 15 is 0 Å². The molecule has 1 aliphatic carbocycles. The van der Waals surface area contributed by atoms with Crippen molar-refractivity contribution in [2.75, 3.05) is 5.32 Å². The van der Waals surface area contributed by atoms with Gasteiger partial charge in [0.1, 0.15) is 0 Å². The van der Waals surface area contributed by atoms with Crippen molar-refractivity contribution in [2.24, 2.45) is 11.8 Å². The molecular formula is C31H36N4OS. The maximum atomic E-state index is 6.63. The Labute approximate surface area is 224 Å². The minimum absolute atomic E-state index is 0.181. The third kappa shape index (κ3) is 6.24. The number of nitrogens with zero attached hydrogens (tertiary/aromatic N) is 3. The Hall–Kier alpha value is -3.12. The van der Waals surface area contributed by atoms with Crippen molar-refractivity contribution >= 4 is 17.4 Å². The number of anilines is 1. The third-order valence-corrected chi connectivity index (χ3v) is 8.15. The second-order valence-electron chi connectivity index (χ2n) is 10.5. The fraction of sp³-hybridized carbons (Fsp3) is 0.387. The summed E-state index contributed by atoms with van der Waals surface area (Å²) in [6, 6.07) is 16.8. The van der Waals surface area contributed by atoms with Gasteiger partial charge in [-0.3, -0.25) is 0 Å². The average molecular weight is 513 g/mol. The third-order valence-electron chi connectivity index (χ3n) is 7.24. The van der Waals surface area contributed by atoms with E-state index in [-0.39, 0.29) is 6.23 Å². The van der Waals surface area contributed by atoms with Gasteiger partial charge in [0, 0.05) is 22.9 Å². The van der Waals surface area contributed by atoms with Crippen molar-refractivity contribution in [3.05, 3.63) is 83.0 Å². The van der Waals surface area contributed by atoms with Crippen molar-refractivity contribution < 1.29 is 4.74 Å². The zero-order valence-electron chi connectivity index (χ0n) is 22.2. The van der Waals surface area contributed by atoms with Crippen LogP contribution in [0.2, 0.25) is 0 Å². The molecule has 0 fully saturated rings. The summed E-state index contributed by atoms with van der Waals surface area (Å²) in [5, 5.41) is 13.4. The summed E-state index contributed by atoms with van der Waals surface area (Å²) in [5.74, 6) is 2.20. The molecule has 5 rings (SSSR count). The average Bonchev–Trinajstić information content (AvgIpc) is 3.04. The Balaban J connectivity index is 1.37. The van der Waals surface area contributed by atoms with E-state index in [1.54, 1.807) is 17.3 Å². The Morgan fingerprint density at radius 1 is 1.11 bits per heavy atom. The number of aryl methyl sites for hydroxylation is 1. The molecule has 37 heavy (non-hydrogen) atoms. The SMILES string of the molecule is CC(C)=CCCC1=CC[C@H]([C@H]2Nc3ccccc3-c3nnc(SCc4ccc(C)cc4)nc3O2)[C@H](C)C1. The molecule has 1 aromatic heterocycles. The molecule has 0 spiro atoms. The summed E-state index contributed by atoms with van der Waals surface area (Å²) in [4.78, 5) is 4.85. The second-order valence-corrected chi connectivity index (χ2v) is 11.5. The van der Waals surface area contributed by atoms with Crippen LogP contribution >= 0.6 is 11.8 Å². The van der Waals surface area contributed by atoms with Gasteiger partial charge in [-0.15, -0.1) is 10.2 Å². The van der Waals surface area contributed by atoms with Crippen molar-refractivity contribution in [1.29, 1.82) is 0 Å². The molecule has 6 heteroatoms. The van der Waals surface area contributed by atoms with Crippen LogP contribution in [0.5, 0.6) is 5.88 Å². The lowest BCUT2D eigenvalue weighted by Crippen LogP contribution is -2.39. The molecule has 2 aromatic carbocycles. The van der Waals surface area contributed by atoms with Gasteiger partial charge in [-0.25, -0.2) is 0 Å². The van der Waals surface area contributed by atoms with E-state index < -0.39 is 0 Å². The Bertz CT molecular complexity index is 1300. The van der Waals surface area contributed by atoms with Gasteiger partial charge in [-0.1, -0.05) is 90.0 Å². The van der Waals surface area contributed by atoms with Crippen LogP contribution in [0.1, 0.15) is 57.6 Å². The lowest BCUT2D eigenvalue weighted by Gasteiger charge is -2.35. The first kappa shape index (κ1) is 25.5. The largest absolute Gasteiger partial charge is 0.452 e. The number of ether oxygens (including phenoxy) is 1. The molecule has 0 amide bonds. The number of allylic oxidation sites excluding steroid dienone is 4. The van der Waals surface area contributed by atoms with Gasteiger partial charge in [0.25, 0.3) is 0 Å². The number of hydrogen-bond donors (Lipinski definition) is 1. The summed E-state index contributed by atoms with van der Waals surface area (Å²) >= 11 is 1.59. The van der Waals surface area contributed by atoms with Crippen LogP contribution < -0.4 is 10.1 Å². The van der Waals surface area contributed by atoms with Gasteiger partial charge in [-0.2, -0.15) is 4.98 Å². The Morgan fingerprint density at radius 2 is 1.92 bits per heavy atom. The summed E-state index contributed by atoms with van der Waals surface area (Å²) < 4.78 is 6.63. The number of fused-ring (bicyclic) bond motifs is 3. The van der Waals surface area contributed by atoms with E-state index in [1.165, 1.54) is 16.7 Å². The first-order chi connectivity index (χ1) is 18.0. The molecule has 0 radical (unpaired) electrons. The number of nitrogens with one attached hydrogen (secondary N) is 1. The highest BCUT2D eigenvalue weighted by Gasteiger charge is 2.34. The minimum atomic E-state index is -0.181. The molecule has 2 heterocycles. The maximum Gasteiger partial charge on any atom is 0.247 e. The summed E-state index contributed by atoms with van der Waals surface area (Å²) in [7, 11) is 0. The van der Waals surface area contributed by atoms with E-state index in [0.29, 0.717) is 28.6 Å². The quantitative estimate of drug-likeness (QED) is 0.256. The van der Waals surface area contributed by atoms with E-state index in [0.717, 1.165) is 42.7 Å². The Kier molecular flexibility index (Phi) is 7.94. The van der Waals surface area contributed by atoms with Crippen molar-refractivity contribution in [1.82, 2.24) is 15.2 Å². The molecule has 3 aromatic rings. The van der Waals surface area contributed by atoms with Gasteiger partial charge >= 0.3 is 0 Å². The fourth-order valence-electron chi connectivity index (χ4n) is 5.11. The Morgan fingerprint density at radius 3 is 2.70 bits per heavy atom. The lowest BCUT2D eigenvalue weighted by atomic mass is 9.78. The van der Waals surface area contributed by atoms with Crippen LogP contribution in [0.25, 0.3) is 11.3 Å². The molecule has 1 aliphatic heterocycles. The summed E-state index contributed by atoms with van der Waals surface area (Å²) in [5.41, 5.74) is 8.16. The van der Waals surface area contributed by atoms with Crippen LogP contribution in [0.4, 0.5) is 5.69 Å². The first-order valence-corrected chi connectivity index (χ1v) is 14.2. The highest BCUT2D eigenvalue weighted by molar-refractivity contribution is 7.98. The number of para-hydroxylation sites is 1. The zero-order chi connectivity index (χ0) is 25.8. The molecule has 0 saturated heterocycles. The van der Waals surface area contributed by atoms with Crippen LogP contribution in [0.15, 0.2) is 77.0 Å². The molecule has 2 aliphatic rings. The molecule has 5 nitrogen and oxygen atoms in total. The highest BCUT2D eigenvalue weighted by atomic mass is 32.2. The van der Waals surface area contributed by atoms with Crippen LogP contribution in [-0.2, 0) is 5.75 Å². The van der Waals surface area contributed by atoms with Gasteiger partial charge in [0.2, 0.25) is 11.0 Å². The topological polar surface area (TPSA) is 59.9 Å². The highest BCUT2D eigenvalue weighted by Crippen LogP contribution is 2.41. The predicted octanol–water partition coefficient (Wildman–Crippen LogP) is 7.99. The molecule has 0 unspecified atom stereocenters. The number of hydrogen-bond acceptors (Lipinski definition) is 6. The van der Waals surface area contributed by atoms with Crippen molar-refractivity contribution in [3.8, 4) is 17.1 Å². The maximum absolute atomic E-state index is 6.63. The molecule has 1 N–H and O–H groups in total. The standard InChI is InChI=1S/C31H36N4OS/c1-20(2)8-7-9-23-16-17-25(22(4)18-23)29-32-27-11-6-5-10-26(27)28-30(36-29)33-31(35-34-28)37-19-24-14-12-21(3)13-15-24/h5-6,8,10-16,22,25,29,32H,7,9,17-19H2,1-4H3/t22-,25+,29+/m1/s1. The smallest absolute Gasteiger partial charge is 0.247 e. The van der Waals surface area contributed by atoms with E-state index in [2.05, 4.69) is 91.8 Å². The minimum Gasteiger partial charge on any atom is -0.452 e. The zero-order valence-corrected chi connectivity index (χ0v) is 23.0. The number of aromatic nitrogens is 3. The fourth-order valence-corrected chi connectivity index (χ4v) is 5.85. The molecule has 3 atom stereocenters. The normalized spacial score (nSPS) is 20.4. The molecular weight excluding hydrogens is 476 g/mol. The van der Waals surface area contributed by atoms with Crippen LogP contribution in [0.3, 0.4) is 0 Å². The predicted molar refractivity (Wildman–Crippen MR) is 153 cm³/mol.